The van der Waals surface area contributed by atoms with E-state index < -0.39 is 0 Å². The van der Waals surface area contributed by atoms with E-state index in [1.807, 2.05) is 11.8 Å². The molecule has 0 bridgehead atoms. The van der Waals surface area contributed by atoms with Crippen molar-refractivity contribution in [3.63, 3.8) is 0 Å². The zero-order chi connectivity index (χ0) is 15.4. The Morgan fingerprint density at radius 2 is 1.81 bits per heavy atom. The number of rotatable bonds is 5. The standard InChI is InChI=1S/C18H22BrNS/c1-12(2)20-11-15-7-8-16(19)10-18(15)21-17-9-13(3)5-6-14(17)4/h5-10,12,20H,11H2,1-4H3. The van der Waals surface area contributed by atoms with Gasteiger partial charge in [0.15, 0.2) is 0 Å². The predicted octanol–water partition coefficient (Wildman–Crippen LogP) is 5.72. The topological polar surface area (TPSA) is 12.0 Å². The van der Waals surface area contributed by atoms with Crippen molar-refractivity contribution in [1.82, 2.24) is 5.32 Å². The Hall–Kier alpha value is -0.770. The number of hydrogen-bond acceptors (Lipinski definition) is 2. The molecule has 0 aromatic heterocycles. The molecule has 0 unspecified atom stereocenters. The van der Waals surface area contributed by atoms with Gasteiger partial charge in [-0.15, -0.1) is 0 Å². The van der Waals surface area contributed by atoms with Crippen LogP contribution in [0.4, 0.5) is 0 Å². The highest BCUT2D eigenvalue weighted by molar-refractivity contribution is 9.10. The molecule has 3 heteroatoms. The van der Waals surface area contributed by atoms with Crippen LogP contribution in [0, 0.1) is 13.8 Å². The minimum atomic E-state index is 0.493. The zero-order valence-corrected chi connectivity index (χ0v) is 15.4. The number of benzene rings is 2. The normalized spacial score (nSPS) is 11.1. The molecule has 0 saturated carbocycles. The lowest BCUT2D eigenvalue weighted by atomic mass is 10.2. The minimum Gasteiger partial charge on any atom is -0.310 e. The van der Waals surface area contributed by atoms with Crippen molar-refractivity contribution in [1.29, 1.82) is 0 Å². The van der Waals surface area contributed by atoms with E-state index in [0.717, 1.165) is 11.0 Å². The average Bonchev–Trinajstić information content (AvgIpc) is 2.42. The lowest BCUT2D eigenvalue weighted by Crippen LogP contribution is -2.22. The largest absolute Gasteiger partial charge is 0.310 e. The fraction of sp³-hybridized carbons (Fsp3) is 0.333. The van der Waals surface area contributed by atoms with Crippen LogP contribution in [0.15, 0.2) is 50.7 Å². The first-order valence-electron chi connectivity index (χ1n) is 7.22. The van der Waals surface area contributed by atoms with Crippen LogP contribution in [0.2, 0.25) is 0 Å². The zero-order valence-electron chi connectivity index (χ0n) is 13.0. The van der Waals surface area contributed by atoms with Crippen molar-refractivity contribution in [3.05, 3.63) is 57.6 Å². The maximum Gasteiger partial charge on any atom is 0.0219 e. The van der Waals surface area contributed by atoms with Crippen LogP contribution in [0.25, 0.3) is 0 Å². The minimum absolute atomic E-state index is 0.493. The summed E-state index contributed by atoms with van der Waals surface area (Å²) in [7, 11) is 0. The number of hydrogen-bond donors (Lipinski definition) is 1. The summed E-state index contributed by atoms with van der Waals surface area (Å²) in [5, 5.41) is 3.50. The Morgan fingerprint density at radius 3 is 2.52 bits per heavy atom. The molecule has 0 aliphatic rings. The van der Waals surface area contributed by atoms with Crippen LogP contribution in [-0.4, -0.2) is 6.04 Å². The second-order valence-corrected chi connectivity index (χ2v) is 7.66. The molecule has 1 nitrogen and oxygen atoms in total. The summed E-state index contributed by atoms with van der Waals surface area (Å²) in [6.07, 6.45) is 0. The van der Waals surface area contributed by atoms with Gasteiger partial charge in [0.2, 0.25) is 0 Å². The first kappa shape index (κ1) is 16.6. The smallest absolute Gasteiger partial charge is 0.0219 e. The van der Waals surface area contributed by atoms with E-state index in [1.165, 1.54) is 26.5 Å². The first-order valence-corrected chi connectivity index (χ1v) is 8.83. The molecule has 112 valence electrons. The first-order chi connectivity index (χ1) is 9.95. The Labute approximate surface area is 140 Å². The Bertz CT molecular complexity index is 623. The SMILES string of the molecule is Cc1ccc(C)c(Sc2cc(Br)ccc2CNC(C)C)c1. The van der Waals surface area contributed by atoms with Crippen molar-refractivity contribution in [2.75, 3.05) is 0 Å². The lowest BCUT2D eigenvalue weighted by Gasteiger charge is -2.14. The van der Waals surface area contributed by atoms with Gasteiger partial charge in [-0.05, 0) is 48.7 Å². The molecule has 0 atom stereocenters. The van der Waals surface area contributed by atoms with Gasteiger partial charge in [0.25, 0.3) is 0 Å². The molecule has 0 radical (unpaired) electrons. The molecule has 0 amide bonds. The molecule has 2 aromatic rings. The Balaban J connectivity index is 2.29. The third-order valence-electron chi connectivity index (χ3n) is 3.29. The molecule has 0 saturated heterocycles. The Kier molecular flexibility index (Phi) is 5.91. The summed E-state index contributed by atoms with van der Waals surface area (Å²) in [5.41, 5.74) is 3.98. The van der Waals surface area contributed by atoms with Crippen LogP contribution >= 0.6 is 27.7 Å². The van der Waals surface area contributed by atoms with Crippen molar-refractivity contribution < 1.29 is 0 Å². The van der Waals surface area contributed by atoms with Gasteiger partial charge in [-0.3, -0.25) is 0 Å². The molecular weight excluding hydrogens is 342 g/mol. The summed E-state index contributed by atoms with van der Waals surface area (Å²) >= 11 is 5.44. The van der Waals surface area contributed by atoms with E-state index in [-0.39, 0.29) is 0 Å². The third-order valence-corrected chi connectivity index (χ3v) is 5.05. The molecule has 21 heavy (non-hydrogen) atoms. The fourth-order valence-electron chi connectivity index (χ4n) is 2.02. The van der Waals surface area contributed by atoms with Crippen molar-refractivity contribution in [2.45, 2.75) is 50.1 Å². The summed E-state index contributed by atoms with van der Waals surface area (Å²) in [6.45, 7) is 9.57. The van der Waals surface area contributed by atoms with Gasteiger partial charge >= 0.3 is 0 Å². The van der Waals surface area contributed by atoms with E-state index in [9.17, 15) is 0 Å². The maximum absolute atomic E-state index is 3.59. The fourth-order valence-corrected chi connectivity index (χ4v) is 3.70. The summed E-state index contributed by atoms with van der Waals surface area (Å²) < 4.78 is 1.13. The Morgan fingerprint density at radius 1 is 1.05 bits per heavy atom. The van der Waals surface area contributed by atoms with Gasteiger partial charge in [-0.25, -0.2) is 0 Å². The molecule has 0 aliphatic heterocycles. The van der Waals surface area contributed by atoms with Gasteiger partial charge in [0, 0.05) is 26.9 Å². The molecule has 0 spiro atoms. The number of nitrogens with one attached hydrogen (secondary N) is 1. The highest BCUT2D eigenvalue weighted by atomic mass is 79.9. The van der Waals surface area contributed by atoms with Gasteiger partial charge in [0.05, 0.1) is 0 Å². The predicted molar refractivity (Wildman–Crippen MR) is 96.2 cm³/mol. The summed E-state index contributed by atoms with van der Waals surface area (Å²) in [4.78, 5) is 2.64. The number of aryl methyl sites for hydroxylation is 2. The highest BCUT2D eigenvalue weighted by Crippen LogP contribution is 2.35. The quantitative estimate of drug-likeness (QED) is 0.729. The van der Waals surface area contributed by atoms with E-state index >= 15 is 0 Å². The average molecular weight is 364 g/mol. The number of halogens is 1. The summed E-state index contributed by atoms with van der Waals surface area (Å²) in [5.74, 6) is 0. The second kappa shape index (κ2) is 7.48. The van der Waals surface area contributed by atoms with E-state index in [4.69, 9.17) is 0 Å². The van der Waals surface area contributed by atoms with E-state index in [2.05, 4.69) is 85.3 Å². The van der Waals surface area contributed by atoms with Crippen LogP contribution in [-0.2, 0) is 6.54 Å². The van der Waals surface area contributed by atoms with Crippen molar-refractivity contribution in [3.8, 4) is 0 Å². The highest BCUT2D eigenvalue weighted by Gasteiger charge is 2.08. The van der Waals surface area contributed by atoms with Crippen LogP contribution < -0.4 is 5.32 Å². The molecule has 2 aromatic carbocycles. The lowest BCUT2D eigenvalue weighted by molar-refractivity contribution is 0.584. The monoisotopic (exact) mass is 363 g/mol. The van der Waals surface area contributed by atoms with Gasteiger partial charge < -0.3 is 5.32 Å². The second-order valence-electron chi connectivity index (χ2n) is 5.66. The molecule has 0 fully saturated rings. The molecule has 1 N–H and O–H groups in total. The molecule has 0 heterocycles. The van der Waals surface area contributed by atoms with Crippen molar-refractivity contribution >= 4 is 27.7 Å². The van der Waals surface area contributed by atoms with Gasteiger partial charge in [-0.2, -0.15) is 0 Å². The molecular formula is C18H22BrNS. The van der Waals surface area contributed by atoms with Crippen LogP contribution in [0.3, 0.4) is 0 Å². The maximum atomic E-state index is 3.59. The van der Waals surface area contributed by atoms with Crippen LogP contribution in [0.1, 0.15) is 30.5 Å². The van der Waals surface area contributed by atoms with Gasteiger partial charge in [-0.1, -0.05) is 59.7 Å². The van der Waals surface area contributed by atoms with Crippen LogP contribution in [0.5, 0.6) is 0 Å². The van der Waals surface area contributed by atoms with E-state index in [1.54, 1.807) is 0 Å². The van der Waals surface area contributed by atoms with Gasteiger partial charge in [0.1, 0.15) is 0 Å². The molecule has 0 aliphatic carbocycles. The van der Waals surface area contributed by atoms with Crippen molar-refractivity contribution in [2.24, 2.45) is 0 Å². The third kappa shape index (κ3) is 4.87. The molecule has 2 rings (SSSR count). The summed E-state index contributed by atoms with van der Waals surface area (Å²) in [6, 6.07) is 13.7. The van der Waals surface area contributed by atoms with E-state index in [0.29, 0.717) is 6.04 Å².